The molecule has 0 N–H and O–H groups in total. The molecule has 2 aromatic rings. The fourth-order valence-corrected chi connectivity index (χ4v) is 5.84. The minimum atomic E-state index is -1.47. The van der Waals surface area contributed by atoms with Crippen molar-refractivity contribution in [3.05, 3.63) is 57.6 Å². The van der Waals surface area contributed by atoms with Gasteiger partial charge >= 0.3 is 0 Å². The van der Waals surface area contributed by atoms with Crippen LogP contribution in [0, 0.1) is 27.7 Å². The van der Waals surface area contributed by atoms with E-state index in [1.807, 2.05) is 0 Å². The minimum absolute atomic E-state index is 0.0860. The zero-order valence-corrected chi connectivity index (χ0v) is 24.1. The molecular formula is C28H39Cl3N2. The summed E-state index contributed by atoms with van der Waals surface area (Å²) in [7, 11) is 0. The highest BCUT2D eigenvalue weighted by atomic mass is 35.6. The van der Waals surface area contributed by atoms with Gasteiger partial charge in [-0.25, -0.2) is 0 Å². The van der Waals surface area contributed by atoms with E-state index < -0.39 is 9.96 Å². The van der Waals surface area contributed by atoms with Crippen LogP contribution in [0.15, 0.2) is 24.3 Å². The van der Waals surface area contributed by atoms with Gasteiger partial charge in [-0.2, -0.15) is 0 Å². The maximum absolute atomic E-state index is 6.69. The smallest absolute Gasteiger partial charge is 0.228 e. The predicted molar refractivity (Wildman–Crippen MR) is 148 cm³/mol. The fraction of sp³-hybridized carbons (Fsp3) is 0.571. The van der Waals surface area contributed by atoms with Crippen LogP contribution in [0.4, 0.5) is 11.4 Å². The summed E-state index contributed by atoms with van der Waals surface area (Å²) in [6.45, 7) is 23.8. The molecule has 3 rings (SSSR count). The molecule has 0 aliphatic carbocycles. The molecule has 33 heavy (non-hydrogen) atoms. The van der Waals surface area contributed by atoms with Gasteiger partial charge in [-0.1, -0.05) is 101 Å². The summed E-state index contributed by atoms with van der Waals surface area (Å²) in [6, 6.07) is 9.15. The molecule has 0 aromatic heterocycles. The monoisotopic (exact) mass is 508 g/mol. The molecule has 1 heterocycles. The Morgan fingerprint density at radius 1 is 0.606 bits per heavy atom. The molecule has 0 saturated carbocycles. The van der Waals surface area contributed by atoms with Gasteiger partial charge < -0.3 is 9.80 Å². The summed E-state index contributed by atoms with van der Waals surface area (Å²) in [5, 5.41) is 0. The van der Waals surface area contributed by atoms with Crippen molar-refractivity contribution in [3.8, 4) is 0 Å². The van der Waals surface area contributed by atoms with Gasteiger partial charge in [0.15, 0.2) is 6.17 Å². The van der Waals surface area contributed by atoms with Crippen LogP contribution in [-0.2, 0) is 10.8 Å². The zero-order chi connectivity index (χ0) is 25.1. The van der Waals surface area contributed by atoms with E-state index in [1.54, 1.807) is 0 Å². The summed E-state index contributed by atoms with van der Waals surface area (Å²) >= 11 is 20.1. The Labute approximate surface area is 216 Å². The van der Waals surface area contributed by atoms with E-state index in [-0.39, 0.29) is 10.8 Å². The lowest BCUT2D eigenvalue weighted by molar-refractivity contribution is 0.588. The number of benzene rings is 2. The first kappa shape index (κ1) is 26.5. The molecule has 0 spiro atoms. The van der Waals surface area contributed by atoms with Crippen molar-refractivity contribution in [2.24, 2.45) is 0 Å². The maximum atomic E-state index is 6.69. The van der Waals surface area contributed by atoms with E-state index in [2.05, 4.69) is 103 Å². The van der Waals surface area contributed by atoms with Crippen LogP contribution < -0.4 is 9.80 Å². The van der Waals surface area contributed by atoms with Gasteiger partial charge in [-0.15, -0.1) is 0 Å². The largest absolute Gasteiger partial charge is 0.345 e. The third-order valence-corrected chi connectivity index (χ3v) is 7.34. The summed E-state index contributed by atoms with van der Waals surface area (Å²) in [6.07, 6.45) is -0.390. The van der Waals surface area contributed by atoms with Crippen molar-refractivity contribution in [1.29, 1.82) is 0 Å². The van der Waals surface area contributed by atoms with Crippen LogP contribution in [0.25, 0.3) is 0 Å². The molecule has 1 saturated heterocycles. The first-order valence-corrected chi connectivity index (χ1v) is 12.9. The van der Waals surface area contributed by atoms with E-state index in [0.29, 0.717) is 0 Å². The number of halogens is 3. The van der Waals surface area contributed by atoms with E-state index >= 15 is 0 Å². The normalized spacial score (nSPS) is 16.2. The minimum Gasteiger partial charge on any atom is -0.345 e. The van der Waals surface area contributed by atoms with Crippen molar-refractivity contribution in [3.63, 3.8) is 0 Å². The first-order valence-electron chi connectivity index (χ1n) is 11.8. The quantitative estimate of drug-likeness (QED) is 0.374. The molecule has 2 nitrogen and oxygen atoms in total. The van der Waals surface area contributed by atoms with Gasteiger partial charge in [0.1, 0.15) is 0 Å². The summed E-state index contributed by atoms with van der Waals surface area (Å²) < 4.78 is -1.47. The standard InChI is InChI=1S/C28H39Cl3N2/c1-17-13-21(26(5,6)7)14-18(2)23(17)32-11-12-33(25(32)28(29,30)31)24-19(3)15-22(16-20(24)4)27(8,9)10/h13-16,25H,11-12H2,1-10H3. The molecule has 0 bridgehead atoms. The molecule has 0 unspecified atom stereocenters. The Bertz CT molecular complexity index is 915. The number of alkyl halides is 3. The lowest BCUT2D eigenvalue weighted by atomic mass is 9.84. The molecule has 5 heteroatoms. The van der Waals surface area contributed by atoms with E-state index in [9.17, 15) is 0 Å². The van der Waals surface area contributed by atoms with Gasteiger partial charge in [0, 0.05) is 24.5 Å². The third-order valence-electron chi connectivity index (χ3n) is 6.75. The van der Waals surface area contributed by atoms with E-state index in [1.165, 1.54) is 44.8 Å². The number of anilines is 2. The topological polar surface area (TPSA) is 6.48 Å². The molecular weight excluding hydrogens is 471 g/mol. The van der Waals surface area contributed by atoms with Gasteiger partial charge in [0.05, 0.1) is 0 Å². The third kappa shape index (κ3) is 5.29. The second-order valence-electron chi connectivity index (χ2n) is 11.7. The SMILES string of the molecule is Cc1cc(C(C)(C)C)cc(C)c1N1CCN(c2c(C)cc(C(C)(C)C)cc2C)C1C(Cl)(Cl)Cl. The van der Waals surface area contributed by atoms with Crippen molar-refractivity contribution in [1.82, 2.24) is 0 Å². The Balaban J connectivity index is 2.12. The lowest BCUT2D eigenvalue weighted by Gasteiger charge is -2.40. The van der Waals surface area contributed by atoms with Crippen molar-refractivity contribution in [2.45, 2.75) is 90.0 Å². The average molecular weight is 510 g/mol. The van der Waals surface area contributed by atoms with Crippen molar-refractivity contribution in [2.75, 3.05) is 22.9 Å². The Hall–Kier alpha value is -1.09. The van der Waals surface area contributed by atoms with Crippen LogP contribution in [0.3, 0.4) is 0 Å². The highest BCUT2D eigenvalue weighted by Gasteiger charge is 2.47. The van der Waals surface area contributed by atoms with Gasteiger partial charge in [0.25, 0.3) is 0 Å². The molecule has 1 aliphatic rings. The van der Waals surface area contributed by atoms with E-state index in [0.717, 1.165) is 13.1 Å². The number of hydrogen-bond acceptors (Lipinski definition) is 2. The van der Waals surface area contributed by atoms with Crippen LogP contribution in [-0.4, -0.2) is 23.0 Å². The summed E-state index contributed by atoms with van der Waals surface area (Å²) in [5.74, 6) is 0. The Morgan fingerprint density at radius 3 is 1.09 bits per heavy atom. The number of hydrogen-bond donors (Lipinski definition) is 0. The van der Waals surface area contributed by atoms with Gasteiger partial charge in [-0.05, 0) is 71.9 Å². The second-order valence-corrected chi connectivity index (χ2v) is 14.1. The molecule has 1 aliphatic heterocycles. The molecule has 0 atom stereocenters. The van der Waals surface area contributed by atoms with Gasteiger partial charge in [0.2, 0.25) is 3.79 Å². The van der Waals surface area contributed by atoms with Crippen LogP contribution in [0.1, 0.15) is 74.9 Å². The molecule has 0 radical (unpaired) electrons. The van der Waals surface area contributed by atoms with Crippen LogP contribution in [0.5, 0.6) is 0 Å². The first-order chi connectivity index (χ1) is 14.9. The van der Waals surface area contributed by atoms with Crippen molar-refractivity contribution < 1.29 is 0 Å². The van der Waals surface area contributed by atoms with E-state index in [4.69, 9.17) is 34.8 Å². The van der Waals surface area contributed by atoms with Crippen molar-refractivity contribution >= 4 is 46.2 Å². The maximum Gasteiger partial charge on any atom is 0.228 e. The highest BCUT2D eigenvalue weighted by molar-refractivity contribution is 6.68. The summed E-state index contributed by atoms with van der Waals surface area (Å²) in [4.78, 5) is 4.58. The average Bonchev–Trinajstić information content (AvgIpc) is 3.03. The Morgan fingerprint density at radius 2 is 0.879 bits per heavy atom. The summed E-state index contributed by atoms with van der Waals surface area (Å²) in [5.41, 5.74) is 10.0. The highest BCUT2D eigenvalue weighted by Crippen LogP contribution is 2.46. The molecule has 1 fully saturated rings. The van der Waals surface area contributed by atoms with Gasteiger partial charge in [-0.3, -0.25) is 0 Å². The van der Waals surface area contributed by atoms with Crippen LogP contribution in [0.2, 0.25) is 0 Å². The molecule has 2 aromatic carbocycles. The lowest BCUT2D eigenvalue weighted by Crippen LogP contribution is -2.49. The molecule has 182 valence electrons. The number of nitrogens with zero attached hydrogens (tertiary/aromatic N) is 2. The predicted octanol–water partition coefficient (Wildman–Crippen LogP) is 8.54. The van der Waals surface area contributed by atoms with Crippen LogP contribution >= 0.6 is 34.8 Å². The Kier molecular flexibility index (Phi) is 7.11. The molecule has 0 amide bonds. The zero-order valence-electron chi connectivity index (χ0n) is 21.8. The second kappa shape index (κ2) is 8.85. The fourth-order valence-electron chi connectivity index (χ4n) is 5.13. The number of rotatable bonds is 2. The number of aryl methyl sites for hydroxylation is 4.